The van der Waals surface area contributed by atoms with Crippen molar-refractivity contribution in [3.05, 3.63) is 0 Å². The molecule has 0 radical (unpaired) electrons. The Labute approximate surface area is 99.2 Å². The molecule has 1 aliphatic carbocycles. The first kappa shape index (κ1) is 11.4. The van der Waals surface area contributed by atoms with E-state index >= 15 is 0 Å². The molecule has 0 amide bonds. The highest BCUT2D eigenvalue weighted by Gasteiger charge is 2.21. The summed E-state index contributed by atoms with van der Waals surface area (Å²) in [5, 5.41) is 21.2. The van der Waals surface area contributed by atoms with Crippen LogP contribution in [0.25, 0.3) is 0 Å². The lowest BCUT2D eigenvalue weighted by Gasteiger charge is -2.22. The summed E-state index contributed by atoms with van der Waals surface area (Å²) in [6.07, 6.45) is 6.12. The van der Waals surface area contributed by atoms with Crippen LogP contribution in [0.15, 0.2) is 5.16 Å². The van der Waals surface area contributed by atoms with Crippen LogP contribution in [0.2, 0.25) is 0 Å². The Morgan fingerprint density at radius 3 is 2.88 bits per heavy atom. The summed E-state index contributed by atoms with van der Waals surface area (Å²) < 4.78 is 1.90. The van der Waals surface area contributed by atoms with E-state index in [1.165, 1.54) is 31.0 Å². The zero-order valence-electron chi connectivity index (χ0n) is 9.33. The Kier molecular flexibility index (Phi) is 3.78. The fourth-order valence-electron chi connectivity index (χ4n) is 2.00. The molecule has 1 aliphatic rings. The molecule has 16 heavy (non-hydrogen) atoms. The van der Waals surface area contributed by atoms with Crippen molar-refractivity contribution in [1.82, 2.24) is 20.2 Å². The molecule has 1 atom stereocenters. The lowest BCUT2D eigenvalue weighted by molar-refractivity contribution is 0.307. The second kappa shape index (κ2) is 5.30. The van der Waals surface area contributed by atoms with Gasteiger partial charge in [-0.25, -0.2) is 4.68 Å². The van der Waals surface area contributed by atoms with Gasteiger partial charge in [-0.15, -0.1) is 5.10 Å². The van der Waals surface area contributed by atoms with Crippen molar-refractivity contribution in [2.24, 2.45) is 0 Å². The van der Waals surface area contributed by atoms with Crippen molar-refractivity contribution in [3.63, 3.8) is 0 Å². The maximum absolute atomic E-state index is 8.79. The predicted octanol–water partition coefficient (Wildman–Crippen LogP) is 2.18. The van der Waals surface area contributed by atoms with E-state index in [2.05, 4.69) is 21.6 Å². The molecule has 1 aromatic heterocycles. The lowest BCUT2D eigenvalue weighted by Crippen LogP contribution is -2.15. The molecule has 0 aromatic carbocycles. The number of nitriles is 1. The monoisotopic (exact) mass is 237 g/mol. The van der Waals surface area contributed by atoms with Crippen LogP contribution < -0.4 is 0 Å². The number of tetrazole rings is 1. The van der Waals surface area contributed by atoms with E-state index in [9.17, 15) is 0 Å². The SMILES string of the molecule is C[C@@H](C#N)Sc1nnnn1C1CCCCC1. The van der Waals surface area contributed by atoms with Gasteiger partial charge in [-0.1, -0.05) is 31.0 Å². The maximum Gasteiger partial charge on any atom is 0.210 e. The van der Waals surface area contributed by atoms with Crippen molar-refractivity contribution in [1.29, 1.82) is 5.26 Å². The Balaban J connectivity index is 2.09. The highest BCUT2D eigenvalue weighted by Crippen LogP contribution is 2.31. The Morgan fingerprint density at radius 1 is 1.44 bits per heavy atom. The molecule has 86 valence electrons. The number of nitrogens with zero attached hydrogens (tertiary/aromatic N) is 5. The molecule has 1 fully saturated rings. The second-order valence-electron chi connectivity index (χ2n) is 4.09. The van der Waals surface area contributed by atoms with Crippen LogP contribution in [0.4, 0.5) is 0 Å². The summed E-state index contributed by atoms with van der Waals surface area (Å²) in [5.74, 6) is 0. The number of rotatable bonds is 3. The molecule has 0 unspecified atom stereocenters. The molecule has 1 heterocycles. The number of thioether (sulfide) groups is 1. The second-order valence-corrected chi connectivity index (χ2v) is 5.39. The molecule has 2 rings (SSSR count). The molecule has 5 nitrogen and oxygen atoms in total. The van der Waals surface area contributed by atoms with Crippen LogP contribution in [-0.2, 0) is 0 Å². The lowest BCUT2D eigenvalue weighted by atomic mass is 9.96. The number of hydrogen-bond donors (Lipinski definition) is 0. The van der Waals surface area contributed by atoms with E-state index in [0.717, 1.165) is 18.0 Å². The van der Waals surface area contributed by atoms with Crippen LogP contribution in [0.5, 0.6) is 0 Å². The summed E-state index contributed by atoms with van der Waals surface area (Å²) in [6.45, 7) is 1.87. The summed E-state index contributed by atoms with van der Waals surface area (Å²) in [5.41, 5.74) is 0. The van der Waals surface area contributed by atoms with Crippen molar-refractivity contribution < 1.29 is 0 Å². The highest BCUT2D eigenvalue weighted by atomic mass is 32.2. The van der Waals surface area contributed by atoms with Crippen molar-refractivity contribution in [2.45, 2.75) is 55.5 Å². The van der Waals surface area contributed by atoms with Gasteiger partial charge in [0.2, 0.25) is 5.16 Å². The summed E-state index contributed by atoms with van der Waals surface area (Å²) in [7, 11) is 0. The van der Waals surface area contributed by atoms with Gasteiger partial charge in [0, 0.05) is 0 Å². The van der Waals surface area contributed by atoms with Crippen LogP contribution in [-0.4, -0.2) is 25.5 Å². The molecule has 0 spiro atoms. The van der Waals surface area contributed by atoms with Gasteiger partial charge in [0.1, 0.15) is 0 Å². The summed E-state index contributed by atoms with van der Waals surface area (Å²) in [6, 6.07) is 2.62. The van der Waals surface area contributed by atoms with Gasteiger partial charge in [-0.2, -0.15) is 5.26 Å². The van der Waals surface area contributed by atoms with Crippen LogP contribution >= 0.6 is 11.8 Å². The van der Waals surface area contributed by atoms with Gasteiger partial charge in [0.05, 0.1) is 17.4 Å². The van der Waals surface area contributed by atoms with E-state index in [-0.39, 0.29) is 5.25 Å². The smallest absolute Gasteiger partial charge is 0.210 e. The summed E-state index contributed by atoms with van der Waals surface area (Å²) >= 11 is 1.44. The Hall–Kier alpha value is -1.09. The minimum Gasteiger partial charge on any atom is -0.217 e. The van der Waals surface area contributed by atoms with E-state index in [0.29, 0.717) is 6.04 Å². The molecule has 1 saturated carbocycles. The molecule has 1 aromatic rings. The Morgan fingerprint density at radius 2 is 2.19 bits per heavy atom. The average Bonchev–Trinajstić information content (AvgIpc) is 2.78. The van der Waals surface area contributed by atoms with E-state index < -0.39 is 0 Å². The standard InChI is InChI=1S/C10H15N5S/c1-8(7-11)16-10-12-13-14-15(10)9-5-3-2-4-6-9/h8-9H,2-6H2,1H3/t8-/m0/s1. The normalized spacial score (nSPS) is 19.2. The van der Waals surface area contributed by atoms with Crippen LogP contribution in [0.1, 0.15) is 45.1 Å². The first-order valence-electron chi connectivity index (χ1n) is 5.65. The van der Waals surface area contributed by atoms with Crippen molar-refractivity contribution >= 4 is 11.8 Å². The maximum atomic E-state index is 8.79. The van der Waals surface area contributed by atoms with Crippen molar-refractivity contribution in [2.75, 3.05) is 0 Å². The molecule has 0 aliphatic heterocycles. The highest BCUT2D eigenvalue weighted by molar-refractivity contribution is 8.00. The van der Waals surface area contributed by atoms with Gasteiger partial charge >= 0.3 is 0 Å². The van der Waals surface area contributed by atoms with Gasteiger partial charge < -0.3 is 0 Å². The zero-order chi connectivity index (χ0) is 11.4. The predicted molar refractivity (Wildman–Crippen MR) is 60.9 cm³/mol. The number of aromatic nitrogens is 4. The zero-order valence-corrected chi connectivity index (χ0v) is 10.2. The minimum absolute atomic E-state index is 0.103. The van der Waals surface area contributed by atoms with Gasteiger partial charge in [0.15, 0.2) is 0 Å². The summed E-state index contributed by atoms with van der Waals surface area (Å²) in [4.78, 5) is 0. The Bertz CT molecular complexity index is 377. The third kappa shape index (κ3) is 2.53. The molecule has 6 heteroatoms. The first-order valence-corrected chi connectivity index (χ1v) is 6.53. The number of hydrogen-bond acceptors (Lipinski definition) is 5. The first-order chi connectivity index (χ1) is 7.81. The fourth-order valence-corrected chi connectivity index (χ4v) is 2.75. The quantitative estimate of drug-likeness (QED) is 0.754. The molecular weight excluding hydrogens is 222 g/mol. The minimum atomic E-state index is -0.103. The van der Waals surface area contributed by atoms with Gasteiger partial charge in [-0.05, 0) is 30.2 Å². The molecule has 0 saturated heterocycles. The molecule has 0 N–H and O–H groups in total. The fraction of sp³-hybridized carbons (Fsp3) is 0.800. The average molecular weight is 237 g/mol. The van der Waals surface area contributed by atoms with Crippen LogP contribution in [0.3, 0.4) is 0 Å². The van der Waals surface area contributed by atoms with E-state index in [1.807, 2.05) is 11.6 Å². The van der Waals surface area contributed by atoms with Crippen molar-refractivity contribution in [3.8, 4) is 6.07 Å². The van der Waals surface area contributed by atoms with Crippen LogP contribution in [0, 0.1) is 11.3 Å². The topological polar surface area (TPSA) is 67.4 Å². The van der Waals surface area contributed by atoms with E-state index in [4.69, 9.17) is 5.26 Å². The third-order valence-corrected chi connectivity index (χ3v) is 3.79. The third-order valence-electron chi connectivity index (χ3n) is 2.85. The molecular formula is C10H15N5S. The van der Waals surface area contributed by atoms with E-state index in [1.54, 1.807) is 0 Å². The molecule has 0 bridgehead atoms. The largest absolute Gasteiger partial charge is 0.217 e. The van der Waals surface area contributed by atoms with Gasteiger partial charge in [0.25, 0.3) is 0 Å². The van der Waals surface area contributed by atoms with Gasteiger partial charge in [-0.3, -0.25) is 0 Å².